The van der Waals surface area contributed by atoms with Crippen LogP contribution in [0.2, 0.25) is 5.28 Å². The van der Waals surface area contributed by atoms with Gasteiger partial charge < -0.3 is 5.32 Å². The Labute approximate surface area is 117 Å². The fourth-order valence-electron chi connectivity index (χ4n) is 1.72. The Balaban J connectivity index is 1.75. The van der Waals surface area contributed by atoms with Crippen LogP contribution >= 0.6 is 34.3 Å². The van der Waals surface area contributed by atoms with E-state index in [0.29, 0.717) is 5.28 Å². The van der Waals surface area contributed by atoms with Gasteiger partial charge in [0.15, 0.2) is 0 Å². The molecule has 0 saturated heterocycles. The van der Waals surface area contributed by atoms with E-state index in [2.05, 4.69) is 32.1 Å². The zero-order valence-electron chi connectivity index (χ0n) is 9.39. The van der Waals surface area contributed by atoms with Crippen LogP contribution in [0.5, 0.6) is 0 Å². The van der Waals surface area contributed by atoms with Crippen LogP contribution in [0.4, 0.5) is 5.82 Å². The normalized spacial score (nSPS) is 10.9. The summed E-state index contributed by atoms with van der Waals surface area (Å²) in [4.78, 5) is 9.36. The van der Waals surface area contributed by atoms with Crippen LogP contribution in [0, 0.1) is 0 Å². The van der Waals surface area contributed by atoms with E-state index in [-0.39, 0.29) is 0 Å². The van der Waals surface area contributed by atoms with E-state index >= 15 is 0 Å². The Morgan fingerprint density at radius 3 is 3.00 bits per heavy atom. The molecule has 0 unspecified atom stereocenters. The highest BCUT2D eigenvalue weighted by Crippen LogP contribution is 2.26. The molecule has 3 aromatic rings. The molecule has 0 spiro atoms. The summed E-state index contributed by atoms with van der Waals surface area (Å²) in [6.07, 6.45) is 0.983. The van der Waals surface area contributed by atoms with Gasteiger partial charge in [0.25, 0.3) is 0 Å². The first-order valence-corrected chi connectivity index (χ1v) is 7.68. The number of aromatic nitrogens is 2. The summed E-state index contributed by atoms with van der Waals surface area (Å²) in [6, 6.07) is 4.16. The maximum absolute atomic E-state index is 5.91. The van der Waals surface area contributed by atoms with Crippen molar-refractivity contribution in [3.8, 4) is 0 Å². The van der Waals surface area contributed by atoms with Crippen molar-refractivity contribution in [1.29, 1.82) is 0 Å². The molecule has 0 aliphatic heterocycles. The fourth-order valence-corrected chi connectivity index (χ4v) is 3.41. The first-order chi connectivity index (χ1) is 8.83. The molecule has 92 valence electrons. The Morgan fingerprint density at radius 2 is 2.17 bits per heavy atom. The maximum Gasteiger partial charge on any atom is 0.225 e. The van der Waals surface area contributed by atoms with E-state index in [9.17, 15) is 0 Å². The molecule has 0 radical (unpaired) electrons. The average molecular weight is 296 g/mol. The van der Waals surface area contributed by atoms with E-state index in [4.69, 9.17) is 11.6 Å². The van der Waals surface area contributed by atoms with E-state index in [1.165, 1.54) is 5.56 Å². The van der Waals surface area contributed by atoms with Crippen LogP contribution in [0.25, 0.3) is 10.2 Å². The summed E-state index contributed by atoms with van der Waals surface area (Å²) in [5.41, 5.74) is 1.34. The van der Waals surface area contributed by atoms with Crippen LogP contribution in [0.15, 0.2) is 28.3 Å². The van der Waals surface area contributed by atoms with Gasteiger partial charge in [-0.05, 0) is 51.9 Å². The van der Waals surface area contributed by atoms with E-state index < -0.39 is 0 Å². The van der Waals surface area contributed by atoms with Gasteiger partial charge in [0, 0.05) is 6.54 Å². The summed E-state index contributed by atoms with van der Waals surface area (Å²) < 4.78 is 0. The second-order valence-electron chi connectivity index (χ2n) is 3.79. The number of hydrogen-bond donors (Lipinski definition) is 1. The molecule has 0 bridgehead atoms. The van der Waals surface area contributed by atoms with Crippen molar-refractivity contribution in [2.24, 2.45) is 0 Å². The predicted molar refractivity (Wildman–Crippen MR) is 78.9 cm³/mol. The largest absolute Gasteiger partial charge is 0.369 e. The van der Waals surface area contributed by atoms with Gasteiger partial charge in [0.1, 0.15) is 10.6 Å². The number of thiophene rings is 2. The molecule has 3 aromatic heterocycles. The van der Waals surface area contributed by atoms with Gasteiger partial charge in [-0.15, -0.1) is 11.3 Å². The van der Waals surface area contributed by atoms with Gasteiger partial charge in [-0.2, -0.15) is 11.3 Å². The molecule has 0 atom stereocenters. The molecule has 18 heavy (non-hydrogen) atoms. The van der Waals surface area contributed by atoms with E-state index in [0.717, 1.165) is 29.0 Å². The zero-order chi connectivity index (χ0) is 12.4. The Kier molecular flexibility index (Phi) is 3.45. The van der Waals surface area contributed by atoms with Crippen LogP contribution in [-0.4, -0.2) is 16.5 Å². The van der Waals surface area contributed by atoms with Gasteiger partial charge in [-0.1, -0.05) is 0 Å². The number of halogens is 1. The Hall–Kier alpha value is -1.17. The lowest BCUT2D eigenvalue weighted by Crippen LogP contribution is -2.06. The molecule has 0 aliphatic rings. The second-order valence-corrected chi connectivity index (χ2v) is 5.80. The third-order valence-corrected chi connectivity index (χ3v) is 4.29. The minimum absolute atomic E-state index is 0.294. The third-order valence-electron chi connectivity index (χ3n) is 2.58. The minimum atomic E-state index is 0.294. The number of hydrogen-bond acceptors (Lipinski definition) is 5. The third kappa shape index (κ3) is 2.48. The van der Waals surface area contributed by atoms with Crippen LogP contribution in [-0.2, 0) is 6.42 Å². The SMILES string of the molecule is Clc1nc(NCCc2ccsc2)c2ccsc2n1. The highest BCUT2D eigenvalue weighted by Gasteiger charge is 2.07. The molecular weight excluding hydrogens is 286 g/mol. The smallest absolute Gasteiger partial charge is 0.225 e. The first kappa shape index (κ1) is 11.9. The molecule has 0 aliphatic carbocycles. The highest BCUT2D eigenvalue weighted by molar-refractivity contribution is 7.16. The van der Waals surface area contributed by atoms with E-state index in [1.54, 1.807) is 22.7 Å². The molecule has 0 aromatic carbocycles. The molecular formula is C12H10ClN3S2. The van der Waals surface area contributed by atoms with Crippen molar-refractivity contribution in [2.45, 2.75) is 6.42 Å². The number of nitrogens with zero attached hydrogens (tertiary/aromatic N) is 2. The van der Waals surface area contributed by atoms with Crippen molar-refractivity contribution in [3.63, 3.8) is 0 Å². The van der Waals surface area contributed by atoms with Crippen LogP contribution in [0.3, 0.4) is 0 Å². The van der Waals surface area contributed by atoms with E-state index in [1.807, 2.05) is 11.4 Å². The quantitative estimate of drug-likeness (QED) is 0.738. The van der Waals surface area contributed by atoms with Gasteiger partial charge in [-0.3, -0.25) is 0 Å². The van der Waals surface area contributed by atoms with Crippen molar-refractivity contribution in [3.05, 3.63) is 39.1 Å². The van der Waals surface area contributed by atoms with Crippen LogP contribution < -0.4 is 5.32 Å². The maximum atomic E-state index is 5.91. The standard InChI is InChI=1S/C12H10ClN3S2/c13-12-15-10(9-3-6-18-11(9)16-12)14-4-1-8-2-5-17-7-8/h2-3,5-7H,1,4H2,(H,14,15,16). The lowest BCUT2D eigenvalue weighted by Gasteiger charge is -2.06. The highest BCUT2D eigenvalue weighted by atomic mass is 35.5. The summed E-state index contributed by atoms with van der Waals surface area (Å²) in [5, 5.41) is 10.9. The molecule has 0 saturated carbocycles. The molecule has 3 nitrogen and oxygen atoms in total. The number of rotatable bonds is 4. The van der Waals surface area contributed by atoms with Crippen molar-refractivity contribution < 1.29 is 0 Å². The average Bonchev–Trinajstić information content (AvgIpc) is 2.98. The lowest BCUT2D eigenvalue weighted by atomic mass is 10.2. The molecule has 6 heteroatoms. The number of nitrogens with one attached hydrogen (secondary N) is 1. The summed E-state index contributed by atoms with van der Waals surface area (Å²) in [7, 11) is 0. The molecule has 3 heterocycles. The number of fused-ring (bicyclic) bond motifs is 1. The summed E-state index contributed by atoms with van der Waals surface area (Å²) in [5.74, 6) is 0.821. The van der Waals surface area contributed by atoms with Crippen molar-refractivity contribution in [1.82, 2.24) is 9.97 Å². The fraction of sp³-hybridized carbons (Fsp3) is 0.167. The summed E-state index contributed by atoms with van der Waals surface area (Å²) in [6.45, 7) is 0.842. The van der Waals surface area contributed by atoms with Crippen LogP contribution in [0.1, 0.15) is 5.56 Å². The van der Waals surface area contributed by atoms with Crippen molar-refractivity contribution in [2.75, 3.05) is 11.9 Å². The summed E-state index contributed by atoms with van der Waals surface area (Å²) >= 11 is 9.20. The van der Waals surface area contributed by atoms with Gasteiger partial charge in [0.2, 0.25) is 5.28 Å². The molecule has 0 amide bonds. The van der Waals surface area contributed by atoms with Gasteiger partial charge in [0.05, 0.1) is 5.39 Å². The second kappa shape index (κ2) is 5.22. The molecule has 1 N–H and O–H groups in total. The molecule has 3 rings (SSSR count). The monoisotopic (exact) mass is 295 g/mol. The van der Waals surface area contributed by atoms with Crippen molar-refractivity contribution >= 4 is 50.3 Å². The topological polar surface area (TPSA) is 37.8 Å². The zero-order valence-corrected chi connectivity index (χ0v) is 11.8. The van der Waals surface area contributed by atoms with Gasteiger partial charge in [-0.25, -0.2) is 9.97 Å². The number of anilines is 1. The predicted octanol–water partition coefficient (Wildman–Crippen LogP) is 4.06. The Bertz CT molecular complexity index is 648. The van der Waals surface area contributed by atoms with Gasteiger partial charge >= 0.3 is 0 Å². The minimum Gasteiger partial charge on any atom is -0.369 e. The molecule has 0 fully saturated rings. The lowest BCUT2D eigenvalue weighted by molar-refractivity contribution is 1.01. The first-order valence-electron chi connectivity index (χ1n) is 5.48. The Morgan fingerprint density at radius 1 is 1.22 bits per heavy atom.